The fourth-order valence-electron chi connectivity index (χ4n) is 1.81. The number of hydrogen-bond donors (Lipinski definition) is 3. The minimum atomic E-state index is -3.71. The van der Waals surface area contributed by atoms with Crippen LogP contribution in [0, 0.1) is 6.92 Å². The molecule has 1 atom stereocenters. The minimum absolute atomic E-state index is 0.151. The highest BCUT2D eigenvalue weighted by atomic mass is 32.2. The summed E-state index contributed by atoms with van der Waals surface area (Å²) < 4.78 is 27.2. The van der Waals surface area contributed by atoms with Gasteiger partial charge in [0.1, 0.15) is 4.99 Å². The highest BCUT2D eigenvalue weighted by molar-refractivity contribution is 7.89. The first-order chi connectivity index (χ1) is 9.81. The molecule has 0 aliphatic carbocycles. The molecule has 0 radical (unpaired) electrons. The highest BCUT2D eigenvalue weighted by Gasteiger charge is 2.22. The quantitative estimate of drug-likeness (QED) is 0.669. The zero-order chi connectivity index (χ0) is 15.6. The monoisotopic (exact) mass is 326 g/mol. The van der Waals surface area contributed by atoms with Gasteiger partial charge in [0.15, 0.2) is 5.82 Å². The van der Waals surface area contributed by atoms with Crippen molar-refractivity contribution in [3.05, 3.63) is 35.2 Å². The average Bonchev–Trinajstić information content (AvgIpc) is 2.91. The Labute approximate surface area is 127 Å². The molecule has 21 heavy (non-hydrogen) atoms. The molecular formula is C11H14N6O2S2. The number of nitrogens with one attached hydrogen (secondary N) is 2. The van der Waals surface area contributed by atoms with Crippen LogP contribution in [0.25, 0.3) is 0 Å². The Balaban J connectivity index is 2.29. The molecule has 2 rings (SSSR count). The first-order valence-corrected chi connectivity index (χ1v) is 7.86. The lowest BCUT2D eigenvalue weighted by atomic mass is 10.1. The van der Waals surface area contributed by atoms with Gasteiger partial charge >= 0.3 is 0 Å². The zero-order valence-corrected chi connectivity index (χ0v) is 13.0. The van der Waals surface area contributed by atoms with Gasteiger partial charge in [0.2, 0.25) is 10.0 Å². The molecule has 4 N–H and O–H groups in total. The van der Waals surface area contributed by atoms with Crippen LogP contribution in [-0.4, -0.2) is 34.0 Å². The summed E-state index contributed by atoms with van der Waals surface area (Å²) in [6.07, 6.45) is 0. The Morgan fingerprint density at radius 3 is 2.71 bits per heavy atom. The maximum atomic E-state index is 12.4. The molecule has 0 spiro atoms. The molecule has 0 fully saturated rings. The van der Waals surface area contributed by atoms with Crippen LogP contribution in [0.2, 0.25) is 0 Å². The molecule has 0 aliphatic heterocycles. The van der Waals surface area contributed by atoms with Gasteiger partial charge in [0.05, 0.1) is 10.9 Å². The van der Waals surface area contributed by atoms with E-state index in [-0.39, 0.29) is 15.7 Å². The molecule has 1 heterocycles. The average molecular weight is 326 g/mol. The maximum absolute atomic E-state index is 12.4. The number of nitrogens with zero attached hydrogens (tertiary/aromatic N) is 3. The molecule has 0 saturated carbocycles. The first-order valence-electron chi connectivity index (χ1n) is 5.97. The number of H-pyrrole nitrogens is 1. The van der Waals surface area contributed by atoms with Gasteiger partial charge in [-0.3, -0.25) is 0 Å². The van der Waals surface area contributed by atoms with E-state index in [1.54, 1.807) is 26.0 Å². The van der Waals surface area contributed by atoms with Crippen molar-refractivity contribution >= 4 is 27.2 Å². The summed E-state index contributed by atoms with van der Waals surface area (Å²) in [5.74, 6) is 0.260. The van der Waals surface area contributed by atoms with Crippen LogP contribution < -0.4 is 10.5 Å². The van der Waals surface area contributed by atoms with E-state index in [4.69, 9.17) is 18.0 Å². The number of rotatable bonds is 5. The van der Waals surface area contributed by atoms with Crippen LogP contribution in [0.1, 0.15) is 29.9 Å². The number of thiocarbonyl (C=S) groups is 1. The van der Waals surface area contributed by atoms with Gasteiger partial charge in [-0.1, -0.05) is 23.5 Å². The molecule has 0 bridgehead atoms. The molecule has 2 aromatic rings. The zero-order valence-electron chi connectivity index (χ0n) is 11.4. The van der Waals surface area contributed by atoms with Crippen LogP contribution in [0.15, 0.2) is 23.1 Å². The Morgan fingerprint density at radius 1 is 1.48 bits per heavy atom. The number of aryl methyl sites for hydroxylation is 1. The lowest BCUT2D eigenvalue weighted by Crippen LogP contribution is -2.28. The van der Waals surface area contributed by atoms with Crippen LogP contribution >= 0.6 is 12.2 Å². The van der Waals surface area contributed by atoms with Crippen molar-refractivity contribution in [2.24, 2.45) is 5.73 Å². The van der Waals surface area contributed by atoms with Gasteiger partial charge in [0, 0.05) is 5.56 Å². The number of hydrogen-bond acceptors (Lipinski definition) is 6. The number of tetrazole rings is 1. The second kappa shape index (κ2) is 5.84. The van der Waals surface area contributed by atoms with Crippen molar-refractivity contribution in [1.29, 1.82) is 0 Å². The summed E-state index contributed by atoms with van der Waals surface area (Å²) in [4.78, 5) is 0.369. The summed E-state index contributed by atoms with van der Waals surface area (Å²) in [7, 11) is -3.71. The predicted molar refractivity (Wildman–Crippen MR) is 80.0 cm³/mol. The molecule has 0 aliphatic rings. The summed E-state index contributed by atoms with van der Waals surface area (Å²) in [6.45, 7) is 3.30. The Kier molecular flexibility index (Phi) is 4.30. The Bertz CT molecular complexity index is 757. The van der Waals surface area contributed by atoms with Gasteiger partial charge in [-0.15, -0.1) is 10.2 Å². The SMILES string of the molecule is Cc1cc(C(N)=S)ccc1S(=O)(=O)NC(C)c1nn[nH]n1. The molecule has 8 nitrogen and oxygen atoms in total. The number of nitrogens with two attached hydrogens (primary N) is 1. The van der Waals surface area contributed by atoms with Crippen molar-refractivity contribution < 1.29 is 8.42 Å². The second-order valence-electron chi connectivity index (χ2n) is 4.46. The maximum Gasteiger partial charge on any atom is 0.241 e. The largest absolute Gasteiger partial charge is 0.389 e. The van der Waals surface area contributed by atoms with Crippen molar-refractivity contribution in [2.75, 3.05) is 0 Å². The topological polar surface area (TPSA) is 127 Å². The van der Waals surface area contributed by atoms with Crippen molar-refractivity contribution in [3.63, 3.8) is 0 Å². The predicted octanol–water partition coefficient (Wildman–Crippen LogP) is 0.182. The number of benzene rings is 1. The number of sulfonamides is 1. The molecule has 0 amide bonds. The van der Waals surface area contributed by atoms with E-state index in [2.05, 4.69) is 25.3 Å². The lowest BCUT2D eigenvalue weighted by Gasteiger charge is -2.13. The summed E-state index contributed by atoms with van der Waals surface area (Å²) in [5.41, 5.74) is 6.69. The molecule has 1 aromatic carbocycles. The molecule has 1 aromatic heterocycles. The lowest BCUT2D eigenvalue weighted by molar-refractivity contribution is 0.559. The smallest absolute Gasteiger partial charge is 0.241 e. The van der Waals surface area contributed by atoms with Gasteiger partial charge < -0.3 is 5.73 Å². The van der Waals surface area contributed by atoms with E-state index in [0.717, 1.165) is 0 Å². The van der Waals surface area contributed by atoms with E-state index in [0.29, 0.717) is 11.1 Å². The third kappa shape index (κ3) is 3.40. The fourth-order valence-corrected chi connectivity index (χ4v) is 3.36. The van der Waals surface area contributed by atoms with Gasteiger partial charge in [-0.25, -0.2) is 13.1 Å². The summed E-state index contributed by atoms with van der Waals surface area (Å²) >= 11 is 4.87. The number of aromatic amines is 1. The molecule has 10 heteroatoms. The van der Waals surface area contributed by atoms with Crippen LogP contribution in [0.3, 0.4) is 0 Å². The molecule has 1 unspecified atom stereocenters. The van der Waals surface area contributed by atoms with Crippen LogP contribution in [-0.2, 0) is 10.0 Å². The van der Waals surface area contributed by atoms with E-state index in [9.17, 15) is 8.42 Å². The minimum Gasteiger partial charge on any atom is -0.389 e. The van der Waals surface area contributed by atoms with E-state index >= 15 is 0 Å². The van der Waals surface area contributed by atoms with Gasteiger partial charge in [0.25, 0.3) is 0 Å². The summed E-state index contributed by atoms with van der Waals surface area (Å²) in [6, 6.07) is 4.07. The van der Waals surface area contributed by atoms with Crippen molar-refractivity contribution in [3.8, 4) is 0 Å². The Hall–Kier alpha value is -1.91. The van der Waals surface area contributed by atoms with Crippen molar-refractivity contribution in [1.82, 2.24) is 25.3 Å². The Morgan fingerprint density at radius 2 is 2.19 bits per heavy atom. The fraction of sp³-hybridized carbons (Fsp3) is 0.273. The van der Waals surface area contributed by atoms with Gasteiger partial charge in [-0.05, 0) is 31.5 Å². The normalized spacial score (nSPS) is 13.0. The second-order valence-corrected chi connectivity index (χ2v) is 6.58. The molecule has 112 valence electrons. The third-order valence-corrected chi connectivity index (χ3v) is 4.77. The van der Waals surface area contributed by atoms with Crippen molar-refractivity contribution in [2.45, 2.75) is 24.8 Å². The summed E-state index contributed by atoms with van der Waals surface area (Å²) in [5, 5.41) is 13.2. The number of aromatic nitrogens is 4. The van der Waals surface area contributed by atoms with E-state index in [1.807, 2.05) is 0 Å². The van der Waals surface area contributed by atoms with E-state index < -0.39 is 16.1 Å². The third-order valence-electron chi connectivity index (χ3n) is 2.83. The molecular weight excluding hydrogens is 312 g/mol. The first kappa shape index (κ1) is 15.5. The van der Waals surface area contributed by atoms with Gasteiger partial charge in [-0.2, -0.15) is 5.21 Å². The highest BCUT2D eigenvalue weighted by Crippen LogP contribution is 2.19. The van der Waals surface area contributed by atoms with Crippen LogP contribution in [0.5, 0.6) is 0 Å². The van der Waals surface area contributed by atoms with Crippen LogP contribution in [0.4, 0.5) is 0 Å². The van der Waals surface area contributed by atoms with E-state index in [1.165, 1.54) is 6.07 Å². The molecule has 0 saturated heterocycles. The standard InChI is InChI=1S/C11H14N6O2S2/c1-6-5-8(10(12)20)3-4-9(6)21(18,19)15-7(2)11-13-16-17-14-11/h3-5,7,15H,1-2H3,(H2,12,20)(H,13,14,16,17).